The molecule has 0 spiro atoms. The minimum atomic E-state index is -0.994. The summed E-state index contributed by atoms with van der Waals surface area (Å²) in [6, 6.07) is 3.84. The number of anilines is 1. The molecule has 2 aromatic rings. The molecule has 0 atom stereocenters. The van der Waals surface area contributed by atoms with Crippen LogP contribution in [0.25, 0.3) is 0 Å². The Labute approximate surface area is 116 Å². The third-order valence-electron chi connectivity index (χ3n) is 3.12. The lowest BCUT2D eigenvalue weighted by Gasteiger charge is -2.11. The molecule has 104 valence electrons. The summed E-state index contributed by atoms with van der Waals surface area (Å²) in [6.07, 6.45) is 4.22. The van der Waals surface area contributed by atoms with Gasteiger partial charge in [-0.25, -0.2) is 4.79 Å². The van der Waals surface area contributed by atoms with Gasteiger partial charge in [-0.05, 0) is 43.5 Å². The van der Waals surface area contributed by atoms with Crippen LogP contribution in [0.2, 0.25) is 0 Å². The van der Waals surface area contributed by atoms with Crippen LogP contribution in [0.3, 0.4) is 0 Å². The SMILES string of the molecule is Cc1nnc(NCCc2ccncc2)c(C(=O)O)c1C. The number of aryl methyl sites for hydroxylation is 1. The first-order valence-electron chi connectivity index (χ1n) is 6.29. The van der Waals surface area contributed by atoms with E-state index in [0.29, 0.717) is 23.6 Å². The van der Waals surface area contributed by atoms with Gasteiger partial charge in [-0.3, -0.25) is 4.98 Å². The molecule has 0 bridgehead atoms. The van der Waals surface area contributed by atoms with Crippen molar-refractivity contribution in [2.24, 2.45) is 0 Å². The highest BCUT2D eigenvalue weighted by Gasteiger charge is 2.17. The molecule has 0 saturated heterocycles. The summed E-state index contributed by atoms with van der Waals surface area (Å²) in [6.45, 7) is 4.07. The van der Waals surface area contributed by atoms with Gasteiger partial charge in [-0.2, -0.15) is 5.10 Å². The lowest BCUT2D eigenvalue weighted by Crippen LogP contribution is -2.14. The molecule has 0 radical (unpaired) electrons. The van der Waals surface area contributed by atoms with E-state index in [1.54, 1.807) is 26.2 Å². The van der Waals surface area contributed by atoms with Gasteiger partial charge in [-0.15, -0.1) is 5.10 Å². The highest BCUT2D eigenvalue weighted by Crippen LogP contribution is 2.18. The van der Waals surface area contributed by atoms with Crippen molar-refractivity contribution in [3.63, 3.8) is 0 Å². The van der Waals surface area contributed by atoms with Crippen LogP contribution in [0.15, 0.2) is 24.5 Å². The van der Waals surface area contributed by atoms with Gasteiger partial charge in [0, 0.05) is 18.9 Å². The Hall–Kier alpha value is -2.50. The second kappa shape index (κ2) is 6.10. The Morgan fingerprint density at radius 2 is 1.95 bits per heavy atom. The summed E-state index contributed by atoms with van der Waals surface area (Å²) in [5, 5.41) is 20.2. The standard InChI is InChI=1S/C14H16N4O2/c1-9-10(2)17-18-13(12(9)14(19)20)16-8-5-11-3-6-15-7-4-11/h3-4,6-7H,5,8H2,1-2H3,(H,16,18)(H,19,20). The van der Waals surface area contributed by atoms with Crippen LogP contribution in [-0.2, 0) is 6.42 Å². The van der Waals surface area contributed by atoms with E-state index in [9.17, 15) is 9.90 Å². The molecule has 0 aliphatic heterocycles. The quantitative estimate of drug-likeness (QED) is 0.863. The molecular formula is C14H16N4O2. The van der Waals surface area contributed by atoms with Gasteiger partial charge in [0.05, 0.1) is 5.69 Å². The molecule has 2 rings (SSSR count). The fourth-order valence-corrected chi connectivity index (χ4v) is 1.87. The topological polar surface area (TPSA) is 88.0 Å². The molecule has 0 fully saturated rings. The van der Waals surface area contributed by atoms with Gasteiger partial charge in [0.25, 0.3) is 0 Å². The molecule has 0 aliphatic carbocycles. The summed E-state index contributed by atoms with van der Waals surface area (Å²) in [7, 11) is 0. The summed E-state index contributed by atoms with van der Waals surface area (Å²) in [4.78, 5) is 15.3. The zero-order chi connectivity index (χ0) is 14.5. The van der Waals surface area contributed by atoms with Crippen molar-refractivity contribution >= 4 is 11.8 Å². The average molecular weight is 272 g/mol. The summed E-state index contributed by atoms with van der Waals surface area (Å²) >= 11 is 0. The number of rotatable bonds is 5. The number of hydrogen-bond acceptors (Lipinski definition) is 5. The first-order valence-corrected chi connectivity index (χ1v) is 6.29. The van der Waals surface area contributed by atoms with Crippen LogP contribution >= 0.6 is 0 Å². The third-order valence-corrected chi connectivity index (χ3v) is 3.12. The molecular weight excluding hydrogens is 256 g/mol. The van der Waals surface area contributed by atoms with Gasteiger partial charge >= 0.3 is 5.97 Å². The van der Waals surface area contributed by atoms with Crippen molar-refractivity contribution in [2.45, 2.75) is 20.3 Å². The second-order valence-electron chi connectivity index (χ2n) is 4.47. The Kier molecular flexibility index (Phi) is 4.24. The van der Waals surface area contributed by atoms with Crippen LogP contribution in [0, 0.1) is 13.8 Å². The maximum absolute atomic E-state index is 11.3. The fraction of sp³-hybridized carbons (Fsp3) is 0.286. The van der Waals surface area contributed by atoms with Crippen LogP contribution in [0.4, 0.5) is 5.82 Å². The molecule has 2 aromatic heterocycles. The molecule has 2 N–H and O–H groups in total. The molecule has 0 saturated carbocycles. The number of nitrogens with one attached hydrogen (secondary N) is 1. The zero-order valence-electron chi connectivity index (χ0n) is 11.4. The van der Waals surface area contributed by atoms with E-state index in [1.165, 1.54) is 0 Å². The van der Waals surface area contributed by atoms with Crippen LogP contribution in [0.5, 0.6) is 0 Å². The molecule has 20 heavy (non-hydrogen) atoms. The van der Waals surface area contributed by atoms with Gasteiger partial charge in [0.15, 0.2) is 5.82 Å². The number of hydrogen-bond donors (Lipinski definition) is 2. The van der Waals surface area contributed by atoms with E-state index in [4.69, 9.17) is 0 Å². The van der Waals surface area contributed by atoms with Crippen molar-refractivity contribution in [3.05, 3.63) is 46.9 Å². The van der Waals surface area contributed by atoms with Gasteiger partial charge < -0.3 is 10.4 Å². The predicted molar refractivity (Wildman–Crippen MR) is 74.9 cm³/mol. The van der Waals surface area contributed by atoms with Crippen molar-refractivity contribution in [3.8, 4) is 0 Å². The number of carboxylic acids is 1. The smallest absolute Gasteiger partial charge is 0.339 e. The van der Waals surface area contributed by atoms with E-state index < -0.39 is 5.97 Å². The maximum atomic E-state index is 11.3. The van der Waals surface area contributed by atoms with Crippen molar-refractivity contribution < 1.29 is 9.90 Å². The minimum absolute atomic E-state index is 0.187. The number of pyridine rings is 1. The minimum Gasteiger partial charge on any atom is -0.478 e. The Bertz CT molecular complexity index is 614. The number of nitrogens with zero attached hydrogens (tertiary/aromatic N) is 3. The lowest BCUT2D eigenvalue weighted by atomic mass is 10.1. The third kappa shape index (κ3) is 3.09. The molecule has 0 amide bonds. The normalized spacial score (nSPS) is 10.3. The molecule has 6 nitrogen and oxygen atoms in total. The molecule has 0 unspecified atom stereocenters. The highest BCUT2D eigenvalue weighted by molar-refractivity contribution is 5.94. The van der Waals surface area contributed by atoms with Crippen LogP contribution < -0.4 is 5.32 Å². The van der Waals surface area contributed by atoms with Crippen LogP contribution in [-0.4, -0.2) is 32.8 Å². The summed E-state index contributed by atoms with van der Waals surface area (Å²) < 4.78 is 0. The maximum Gasteiger partial charge on any atom is 0.339 e. The van der Waals surface area contributed by atoms with Gasteiger partial charge in [0.2, 0.25) is 0 Å². The number of aromatic nitrogens is 3. The Morgan fingerprint density at radius 3 is 2.60 bits per heavy atom. The summed E-state index contributed by atoms with van der Waals surface area (Å²) in [5.74, 6) is -0.679. The monoisotopic (exact) mass is 272 g/mol. The van der Waals surface area contributed by atoms with Crippen LogP contribution in [0.1, 0.15) is 27.2 Å². The first-order chi connectivity index (χ1) is 9.59. The average Bonchev–Trinajstić information content (AvgIpc) is 2.43. The van der Waals surface area contributed by atoms with E-state index in [1.807, 2.05) is 12.1 Å². The number of carboxylic acid groups (broad SMARTS) is 1. The van der Waals surface area contributed by atoms with E-state index in [-0.39, 0.29) is 5.56 Å². The van der Waals surface area contributed by atoms with Gasteiger partial charge in [0.1, 0.15) is 5.56 Å². The van der Waals surface area contributed by atoms with E-state index in [2.05, 4.69) is 20.5 Å². The lowest BCUT2D eigenvalue weighted by molar-refractivity contribution is 0.0696. The summed E-state index contributed by atoms with van der Waals surface area (Å²) in [5.41, 5.74) is 2.58. The largest absolute Gasteiger partial charge is 0.478 e. The highest BCUT2D eigenvalue weighted by atomic mass is 16.4. The second-order valence-corrected chi connectivity index (χ2v) is 4.47. The van der Waals surface area contributed by atoms with Gasteiger partial charge in [-0.1, -0.05) is 0 Å². The molecule has 0 aromatic carbocycles. The zero-order valence-corrected chi connectivity index (χ0v) is 11.4. The molecule has 6 heteroatoms. The number of carbonyl (C=O) groups is 1. The molecule has 2 heterocycles. The van der Waals surface area contributed by atoms with Crippen molar-refractivity contribution in [1.29, 1.82) is 0 Å². The Balaban J connectivity index is 2.10. The Morgan fingerprint density at radius 1 is 1.25 bits per heavy atom. The fourth-order valence-electron chi connectivity index (χ4n) is 1.87. The first kappa shape index (κ1) is 13.9. The molecule has 0 aliphatic rings. The van der Waals surface area contributed by atoms with E-state index in [0.717, 1.165) is 12.0 Å². The van der Waals surface area contributed by atoms with Crippen molar-refractivity contribution in [1.82, 2.24) is 15.2 Å². The predicted octanol–water partition coefficient (Wildman–Crippen LogP) is 1.84. The number of aromatic carboxylic acids is 1. The van der Waals surface area contributed by atoms with Crippen molar-refractivity contribution in [2.75, 3.05) is 11.9 Å². The van der Waals surface area contributed by atoms with E-state index >= 15 is 0 Å².